The maximum Gasteiger partial charge on any atom is 0.0577 e. The molecule has 0 spiro atoms. The summed E-state index contributed by atoms with van der Waals surface area (Å²) in [6.45, 7) is 12.4. The molecule has 0 radical (unpaired) electrons. The van der Waals surface area contributed by atoms with Crippen LogP contribution in [0, 0.1) is 46.3 Å². The Hall–Kier alpha value is -0.300. The van der Waals surface area contributed by atoms with Gasteiger partial charge >= 0.3 is 0 Å². The fourth-order valence-corrected chi connectivity index (χ4v) is 8.47. The first-order valence-corrected chi connectivity index (χ1v) is 12.5. The van der Waals surface area contributed by atoms with Crippen LogP contribution in [0.1, 0.15) is 107 Å². The second-order valence-corrected chi connectivity index (χ2v) is 12.0. The molecule has 28 heavy (non-hydrogen) atoms. The molecule has 1 N–H and O–H groups in total. The zero-order valence-electron chi connectivity index (χ0n) is 20.2. The van der Waals surface area contributed by atoms with Crippen molar-refractivity contribution in [1.29, 1.82) is 0 Å². The molecule has 3 fully saturated rings. The van der Waals surface area contributed by atoms with Crippen molar-refractivity contribution in [1.82, 2.24) is 0 Å². The molecule has 0 amide bonds. The number of allylic oxidation sites excluding steroid dienone is 1. The maximum atomic E-state index is 10.3. The first-order chi connectivity index (χ1) is 13.7. The molecule has 0 aromatic rings. The first kappa shape index (κ1) is 19.7. The van der Waals surface area contributed by atoms with Gasteiger partial charge in [-0.15, -0.1) is 0 Å². The second-order valence-electron chi connectivity index (χ2n) is 12.0. The lowest BCUT2D eigenvalue weighted by molar-refractivity contribution is -0.0573. The van der Waals surface area contributed by atoms with Crippen LogP contribution in [0.5, 0.6) is 0 Å². The minimum atomic E-state index is -0.442. The zero-order chi connectivity index (χ0) is 21.0. The summed E-state index contributed by atoms with van der Waals surface area (Å²) in [4.78, 5) is 0. The Balaban J connectivity index is 1.51. The zero-order valence-corrected chi connectivity index (χ0v) is 19.2. The van der Waals surface area contributed by atoms with Gasteiger partial charge < -0.3 is 5.11 Å². The van der Waals surface area contributed by atoms with E-state index in [0.717, 1.165) is 48.3 Å². The SMILES string of the molecule is [2H]C1C2=CC[C@H]3[C@@H]4CC[C@H]([C@H](C)CCCC(C)C)[C@@]4(C)CC[C@@H]3[C@@]2(C)CC[C@@H]1O. The van der Waals surface area contributed by atoms with Crippen molar-refractivity contribution in [2.45, 2.75) is 111 Å². The largest absolute Gasteiger partial charge is 0.393 e. The Morgan fingerprint density at radius 2 is 1.86 bits per heavy atom. The molecule has 1 nitrogen and oxygen atoms in total. The van der Waals surface area contributed by atoms with E-state index in [0.29, 0.717) is 5.41 Å². The third-order valence-corrected chi connectivity index (χ3v) is 10.1. The second kappa shape index (κ2) is 7.75. The predicted molar refractivity (Wildman–Crippen MR) is 119 cm³/mol. The molecule has 4 aliphatic carbocycles. The molecule has 160 valence electrons. The van der Waals surface area contributed by atoms with Gasteiger partial charge in [0, 0.05) is 1.37 Å². The lowest BCUT2D eigenvalue weighted by Gasteiger charge is -2.58. The van der Waals surface area contributed by atoms with Crippen molar-refractivity contribution in [2.75, 3.05) is 0 Å². The number of aliphatic hydroxyl groups is 1. The van der Waals surface area contributed by atoms with E-state index in [1.54, 1.807) is 0 Å². The number of rotatable bonds is 5. The number of hydrogen-bond acceptors (Lipinski definition) is 1. The topological polar surface area (TPSA) is 20.2 Å². The summed E-state index contributed by atoms with van der Waals surface area (Å²) >= 11 is 0. The smallest absolute Gasteiger partial charge is 0.0577 e. The molecular weight excluding hydrogens is 340 g/mol. The molecule has 1 unspecified atom stereocenters. The van der Waals surface area contributed by atoms with Crippen LogP contribution in [0.4, 0.5) is 0 Å². The maximum absolute atomic E-state index is 10.3. The van der Waals surface area contributed by atoms with Crippen molar-refractivity contribution in [2.24, 2.45) is 46.3 Å². The van der Waals surface area contributed by atoms with Crippen LogP contribution in [0.15, 0.2) is 11.6 Å². The van der Waals surface area contributed by atoms with Crippen LogP contribution in [0.3, 0.4) is 0 Å². The van der Waals surface area contributed by atoms with Gasteiger partial charge in [-0.2, -0.15) is 0 Å². The van der Waals surface area contributed by atoms with Crippen LogP contribution in [-0.2, 0) is 0 Å². The van der Waals surface area contributed by atoms with Crippen LogP contribution < -0.4 is 0 Å². The Bertz CT molecular complexity index is 626. The van der Waals surface area contributed by atoms with E-state index in [2.05, 4.69) is 40.7 Å². The first-order valence-electron chi connectivity index (χ1n) is 13.1. The molecule has 3 saturated carbocycles. The van der Waals surface area contributed by atoms with Crippen LogP contribution >= 0.6 is 0 Å². The van der Waals surface area contributed by atoms with E-state index in [4.69, 9.17) is 1.37 Å². The van der Waals surface area contributed by atoms with Gasteiger partial charge in [0.05, 0.1) is 6.10 Å². The summed E-state index contributed by atoms with van der Waals surface area (Å²) in [5.74, 6) is 5.06. The molecule has 4 rings (SSSR count). The van der Waals surface area contributed by atoms with Gasteiger partial charge in [-0.25, -0.2) is 0 Å². The third-order valence-electron chi connectivity index (χ3n) is 10.1. The lowest BCUT2D eigenvalue weighted by Crippen LogP contribution is -2.50. The molecule has 0 aromatic carbocycles. The van der Waals surface area contributed by atoms with Crippen molar-refractivity contribution in [3.05, 3.63) is 11.6 Å². The van der Waals surface area contributed by atoms with Crippen molar-refractivity contribution in [3.63, 3.8) is 0 Å². The predicted octanol–water partition coefficient (Wildman–Crippen LogP) is 7.39. The van der Waals surface area contributed by atoms with Crippen LogP contribution in [0.2, 0.25) is 0 Å². The molecule has 0 aromatic heterocycles. The average molecular weight is 388 g/mol. The van der Waals surface area contributed by atoms with E-state index in [9.17, 15) is 5.11 Å². The number of aliphatic hydroxyl groups excluding tert-OH is 1. The summed E-state index contributed by atoms with van der Waals surface area (Å²) in [7, 11) is 0. The fourth-order valence-electron chi connectivity index (χ4n) is 8.47. The van der Waals surface area contributed by atoms with Gasteiger partial charge in [-0.3, -0.25) is 0 Å². The van der Waals surface area contributed by atoms with Gasteiger partial charge in [-0.1, -0.05) is 65.5 Å². The summed E-state index contributed by atoms with van der Waals surface area (Å²) in [5, 5.41) is 10.3. The van der Waals surface area contributed by atoms with Crippen molar-refractivity contribution < 1.29 is 6.48 Å². The standard InChI is InChI=1S/C27H46O/c1-18(2)7-6-8-19(3)23-11-12-24-22-10-9-20-17-21(28)13-15-26(20,4)25(22)14-16-27(23,24)5/h9,18-19,21-25,28H,6-8,10-17H2,1-5H3/t19-,21+,22+,23-,24+,25+,26+,27-/m1/s1/i17D/t17?,19-,21+,22+,23-,24+,25+,26+,27-. The summed E-state index contributed by atoms with van der Waals surface area (Å²) in [6.07, 6.45) is 14.5. The van der Waals surface area contributed by atoms with Crippen molar-refractivity contribution in [3.8, 4) is 0 Å². The Labute approximate surface area is 176 Å². The summed E-state index contributed by atoms with van der Waals surface area (Å²) in [6, 6.07) is 0. The van der Waals surface area contributed by atoms with Gasteiger partial charge in [0.25, 0.3) is 0 Å². The number of hydrogen-bond donors (Lipinski definition) is 1. The molecule has 0 bridgehead atoms. The molecule has 9 atom stereocenters. The fraction of sp³-hybridized carbons (Fsp3) is 0.926. The van der Waals surface area contributed by atoms with Gasteiger partial charge in [0.1, 0.15) is 0 Å². The third kappa shape index (κ3) is 3.42. The Morgan fingerprint density at radius 1 is 1.07 bits per heavy atom. The molecule has 1 heteroatoms. The lowest BCUT2D eigenvalue weighted by atomic mass is 9.47. The Kier molecular flexibility index (Phi) is 5.44. The highest BCUT2D eigenvalue weighted by atomic mass is 16.3. The van der Waals surface area contributed by atoms with E-state index in [1.165, 1.54) is 56.9 Å². The molecule has 0 saturated heterocycles. The summed E-state index contributed by atoms with van der Waals surface area (Å²) in [5.41, 5.74) is 2.00. The molecule has 0 aliphatic heterocycles. The van der Waals surface area contributed by atoms with Gasteiger partial charge in [0.2, 0.25) is 0 Å². The Morgan fingerprint density at radius 3 is 2.61 bits per heavy atom. The molecule has 4 aliphatic rings. The number of fused-ring (bicyclic) bond motifs is 5. The van der Waals surface area contributed by atoms with E-state index in [1.807, 2.05) is 0 Å². The molecular formula is C27H46O. The average Bonchev–Trinajstić information content (AvgIpc) is 3.02. The monoisotopic (exact) mass is 387 g/mol. The van der Waals surface area contributed by atoms with E-state index < -0.39 is 6.10 Å². The highest BCUT2D eigenvalue weighted by Crippen LogP contribution is 2.67. The van der Waals surface area contributed by atoms with Crippen LogP contribution in [-0.4, -0.2) is 11.2 Å². The van der Waals surface area contributed by atoms with E-state index >= 15 is 0 Å². The quantitative estimate of drug-likeness (QED) is 0.488. The van der Waals surface area contributed by atoms with E-state index in [-0.39, 0.29) is 11.8 Å². The van der Waals surface area contributed by atoms with Crippen molar-refractivity contribution >= 4 is 0 Å². The minimum absolute atomic E-state index is 0.177. The molecule has 0 heterocycles. The highest BCUT2D eigenvalue weighted by molar-refractivity contribution is 5.25. The summed E-state index contributed by atoms with van der Waals surface area (Å²) < 4.78 is 8.58. The van der Waals surface area contributed by atoms with Crippen LogP contribution in [0.25, 0.3) is 0 Å². The minimum Gasteiger partial charge on any atom is -0.393 e. The highest BCUT2D eigenvalue weighted by Gasteiger charge is 2.59. The van der Waals surface area contributed by atoms with Gasteiger partial charge in [-0.05, 0) is 97.7 Å². The van der Waals surface area contributed by atoms with Gasteiger partial charge in [0.15, 0.2) is 0 Å². The normalized spacial score (nSPS) is 49.7.